The number of anilines is 2. The summed E-state index contributed by atoms with van der Waals surface area (Å²) >= 11 is 0. The summed E-state index contributed by atoms with van der Waals surface area (Å²) in [7, 11) is 0. The van der Waals surface area contributed by atoms with Crippen molar-refractivity contribution < 1.29 is 8.78 Å². The van der Waals surface area contributed by atoms with Crippen molar-refractivity contribution in [3.8, 4) is 0 Å². The van der Waals surface area contributed by atoms with Crippen molar-refractivity contribution in [3.05, 3.63) is 113 Å². The van der Waals surface area contributed by atoms with Gasteiger partial charge in [-0.05, 0) is 54.2 Å². The maximum Gasteiger partial charge on any atom is 0.207 e. The van der Waals surface area contributed by atoms with Crippen LogP contribution >= 0.6 is 0 Å². The average molecular weight is 459 g/mol. The monoisotopic (exact) mass is 458 g/mol. The van der Waals surface area contributed by atoms with E-state index in [0.717, 1.165) is 27.8 Å². The Morgan fingerprint density at radius 1 is 1.15 bits per heavy atom. The molecular weight excluding hydrogens is 430 g/mol. The molecule has 0 spiro atoms. The fourth-order valence-electron chi connectivity index (χ4n) is 4.12. The lowest BCUT2D eigenvalue weighted by Gasteiger charge is -2.30. The lowest BCUT2D eigenvalue weighted by molar-refractivity contribution is 0.574. The molecule has 0 saturated heterocycles. The van der Waals surface area contributed by atoms with Crippen LogP contribution < -0.4 is 10.2 Å². The van der Waals surface area contributed by atoms with Crippen molar-refractivity contribution in [1.82, 2.24) is 9.97 Å². The van der Waals surface area contributed by atoms with Gasteiger partial charge in [-0.1, -0.05) is 66.8 Å². The van der Waals surface area contributed by atoms with Gasteiger partial charge in [0.25, 0.3) is 0 Å². The number of halogens is 2. The summed E-state index contributed by atoms with van der Waals surface area (Å²) in [5, 5.41) is 3.09. The number of aromatic nitrogens is 2. The van der Waals surface area contributed by atoms with Gasteiger partial charge in [0.2, 0.25) is 5.82 Å². The number of nitrogens with one attached hydrogen (secondary N) is 1. The number of fused-ring (bicyclic) bond motifs is 1. The highest BCUT2D eigenvalue weighted by molar-refractivity contribution is 5.75. The number of hydrogen-bond acceptors (Lipinski definition) is 4. The Bertz CT molecular complexity index is 1250. The minimum atomic E-state index is -0.501. The van der Waals surface area contributed by atoms with E-state index < -0.39 is 5.82 Å². The van der Waals surface area contributed by atoms with Gasteiger partial charge in [0.15, 0.2) is 11.6 Å². The summed E-state index contributed by atoms with van der Waals surface area (Å²) in [5.74, 6) is -0.333. The third kappa shape index (κ3) is 5.22. The molecular formula is C28H28F2N4. The van der Waals surface area contributed by atoms with Crippen molar-refractivity contribution in [1.29, 1.82) is 0 Å². The Morgan fingerprint density at radius 2 is 1.94 bits per heavy atom. The molecule has 2 heterocycles. The number of rotatable bonds is 7. The van der Waals surface area contributed by atoms with E-state index in [1.165, 1.54) is 12.4 Å². The van der Waals surface area contributed by atoms with Crippen molar-refractivity contribution in [2.24, 2.45) is 0 Å². The lowest BCUT2D eigenvalue weighted by Crippen LogP contribution is -2.32. The quantitative estimate of drug-likeness (QED) is 0.412. The number of benzene rings is 2. The average Bonchev–Trinajstić information content (AvgIpc) is 2.83. The van der Waals surface area contributed by atoms with E-state index in [1.807, 2.05) is 67.3 Å². The summed E-state index contributed by atoms with van der Waals surface area (Å²) in [6.07, 6.45) is 7.95. The minimum Gasteiger partial charge on any atom is -0.363 e. The SMILES string of the molecule is C=C(C)/C=C(\C=C/C)c1ccc(CNc2ncnc(N3CCc4c(F)cccc4C3)c2F)cc1. The topological polar surface area (TPSA) is 41.1 Å². The highest BCUT2D eigenvalue weighted by atomic mass is 19.1. The zero-order chi connectivity index (χ0) is 24.1. The van der Waals surface area contributed by atoms with Gasteiger partial charge in [-0.15, -0.1) is 0 Å². The predicted octanol–water partition coefficient (Wildman–Crippen LogP) is 6.47. The molecule has 34 heavy (non-hydrogen) atoms. The second-order valence-electron chi connectivity index (χ2n) is 8.41. The fraction of sp³-hybridized carbons (Fsp3) is 0.214. The first-order valence-electron chi connectivity index (χ1n) is 11.3. The standard InChI is InChI=1S/C28H28F2N4/c1-4-6-22(15-19(2)3)21-11-9-20(10-12-21)16-31-27-26(30)28(33-18-32-27)34-14-13-24-23(17-34)7-5-8-25(24)29/h4-12,15,18H,2,13-14,16-17H2,1,3H3,(H,31,32,33)/b6-4-,22-15+. The van der Waals surface area contributed by atoms with Gasteiger partial charge in [0, 0.05) is 19.6 Å². The molecule has 0 aliphatic carbocycles. The second-order valence-corrected chi connectivity index (χ2v) is 8.41. The van der Waals surface area contributed by atoms with E-state index in [2.05, 4.69) is 21.9 Å². The summed E-state index contributed by atoms with van der Waals surface area (Å²) in [5.41, 5.74) is 5.71. The molecule has 0 unspecified atom stereocenters. The molecule has 0 radical (unpaired) electrons. The molecule has 0 bridgehead atoms. The van der Waals surface area contributed by atoms with Crippen molar-refractivity contribution in [2.45, 2.75) is 33.4 Å². The fourth-order valence-corrected chi connectivity index (χ4v) is 4.12. The van der Waals surface area contributed by atoms with E-state index in [-0.39, 0.29) is 17.5 Å². The van der Waals surface area contributed by atoms with Gasteiger partial charge < -0.3 is 10.2 Å². The minimum absolute atomic E-state index is 0.149. The van der Waals surface area contributed by atoms with Gasteiger partial charge in [-0.3, -0.25) is 0 Å². The van der Waals surface area contributed by atoms with E-state index in [1.54, 1.807) is 6.07 Å². The molecule has 4 nitrogen and oxygen atoms in total. The third-order valence-electron chi connectivity index (χ3n) is 5.77. The zero-order valence-corrected chi connectivity index (χ0v) is 19.5. The highest BCUT2D eigenvalue weighted by Gasteiger charge is 2.23. The third-order valence-corrected chi connectivity index (χ3v) is 5.77. The van der Waals surface area contributed by atoms with Crippen LogP contribution in [0.1, 0.15) is 36.1 Å². The lowest BCUT2D eigenvalue weighted by atomic mass is 9.99. The molecule has 1 aliphatic rings. The van der Waals surface area contributed by atoms with Crippen LogP contribution in [0.5, 0.6) is 0 Å². The zero-order valence-electron chi connectivity index (χ0n) is 19.5. The van der Waals surface area contributed by atoms with Crippen LogP contribution in [-0.2, 0) is 19.5 Å². The Kier molecular flexibility index (Phi) is 7.16. The van der Waals surface area contributed by atoms with Gasteiger partial charge >= 0.3 is 0 Å². The molecule has 3 aromatic rings. The molecule has 0 amide bonds. The molecule has 0 fully saturated rings. The van der Waals surface area contributed by atoms with Crippen LogP contribution in [0.25, 0.3) is 5.57 Å². The van der Waals surface area contributed by atoms with Gasteiger partial charge in [0.1, 0.15) is 12.1 Å². The van der Waals surface area contributed by atoms with Crippen molar-refractivity contribution in [2.75, 3.05) is 16.8 Å². The van der Waals surface area contributed by atoms with E-state index in [9.17, 15) is 4.39 Å². The first-order chi connectivity index (χ1) is 16.5. The van der Waals surface area contributed by atoms with Crippen LogP contribution in [0.15, 0.2) is 79.2 Å². The molecule has 6 heteroatoms. The van der Waals surface area contributed by atoms with E-state index >= 15 is 4.39 Å². The first-order valence-corrected chi connectivity index (χ1v) is 11.3. The molecule has 4 rings (SSSR count). The Morgan fingerprint density at radius 3 is 2.68 bits per heavy atom. The number of hydrogen-bond donors (Lipinski definition) is 1. The number of nitrogens with zero attached hydrogens (tertiary/aromatic N) is 3. The van der Waals surface area contributed by atoms with Crippen LogP contribution in [0.4, 0.5) is 20.4 Å². The molecule has 1 aromatic heterocycles. The van der Waals surface area contributed by atoms with E-state index in [0.29, 0.717) is 31.6 Å². The summed E-state index contributed by atoms with van der Waals surface area (Å²) in [4.78, 5) is 10.1. The molecule has 1 aliphatic heterocycles. The highest BCUT2D eigenvalue weighted by Crippen LogP contribution is 2.28. The Labute approximate surface area is 199 Å². The van der Waals surface area contributed by atoms with Crippen molar-refractivity contribution >= 4 is 17.2 Å². The molecule has 174 valence electrons. The maximum absolute atomic E-state index is 15.3. The predicted molar refractivity (Wildman–Crippen MR) is 135 cm³/mol. The second kappa shape index (κ2) is 10.4. The summed E-state index contributed by atoms with van der Waals surface area (Å²) in [6, 6.07) is 13.1. The normalized spacial score (nSPS) is 13.8. The maximum atomic E-state index is 15.3. The van der Waals surface area contributed by atoms with Crippen LogP contribution in [0, 0.1) is 11.6 Å². The van der Waals surface area contributed by atoms with Gasteiger partial charge in [0.05, 0.1) is 0 Å². The Balaban J connectivity index is 1.47. The number of allylic oxidation sites excluding steroid dienone is 5. The largest absolute Gasteiger partial charge is 0.363 e. The molecule has 2 aromatic carbocycles. The van der Waals surface area contributed by atoms with Gasteiger partial charge in [-0.2, -0.15) is 4.39 Å². The van der Waals surface area contributed by atoms with Crippen LogP contribution in [-0.4, -0.2) is 16.5 Å². The molecule has 1 N–H and O–H groups in total. The summed E-state index contributed by atoms with van der Waals surface area (Å²) < 4.78 is 29.3. The molecule has 0 atom stereocenters. The Hall–Kier alpha value is -3.80. The van der Waals surface area contributed by atoms with Crippen LogP contribution in [0.3, 0.4) is 0 Å². The molecule has 0 saturated carbocycles. The van der Waals surface area contributed by atoms with Crippen molar-refractivity contribution in [3.63, 3.8) is 0 Å². The summed E-state index contributed by atoms with van der Waals surface area (Å²) in [6.45, 7) is 9.23. The first kappa shape index (κ1) is 23.4. The van der Waals surface area contributed by atoms with Crippen LogP contribution in [0.2, 0.25) is 0 Å². The van der Waals surface area contributed by atoms with Gasteiger partial charge in [-0.25, -0.2) is 14.4 Å². The van der Waals surface area contributed by atoms with E-state index in [4.69, 9.17) is 0 Å². The smallest absolute Gasteiger partial charge is 0.207 e.